The van der Waals surface area contributed by atoms with E-state index in [-0.39, 0.29) is 4.88 Å². The summed E-state index contributed by atoms with van der Waals surface area (Å²) < 4.78 is 1.25. The summed E-state index contributed by atoms with van der Waals surface area (Å²) in [5.41, 5.74) is 0. The monoisotopic (exact) mass is 380 g/mol. The summed E-state index contributed by atoms with van der Waals surface area (Å²) in [6.07, 6.45) is 0. The molecule has 2 heterocycles. The molecule has 0 aliphatic heterocycles. The minimum Gasteiger partial charge on any atom is -0.477 e. The lowest BCUT2D eigenvalue weighted by molar-refractivity contribution is 0.0702. The average molecular weight is 382 g/mol. The van der Waals surface area contributed by atoms with Gasteiger partial charge in [0.05, 0.1) is 4.47 Å². The molecule has 90 valence electrons. The van der Waals surface area contributed by atoms with Crippen molar-refractivity contribution in [2.24, 2.45) is 7.05 Å². The van der Waals surface area contributed by atoms with Gasteiger partial charge < -0.3 is 10.4 Å². The van der Waals surface area contributed by atoms with Gasteiger partial charge in [-0.25, -0.2) is 4.79 Å². The number of aromatic nitrogens is 3. The van der Waals surface area contributed by atoms with Crippen LogP contribution in [0.2, 0.25) is 0 Å². The number of nitrogens with one attached hydrogen (secondary N) is 1. The second-order valence-electron chi connectivity index (χ2n) is 3.05. The summed E-state index contributed by atoms with van der Waals surface area (Å²) in [4.78, 5) is 12.5. The van der Waals surface area contributed by atoms with Gasteiger partial charge in [0.15, 0.2) is 10.4 Å². The molecule has 9 heteroatoms. The van der Waals surface area contributed by atoms with Gasteiger partial charge in [-0.05, 0) is 37.9 Å². The Labute approximate surface area is 117 Å². The van der Waals surface area contributed by atoms with E-state index in [1.807, 2.05) is 0 Å². The van der Waals surface area contributed by atoms with Crippen LogP contribution in [0.4, 0.5) is 10.8 Å². The molecule has 0 aromatic carbocycles. The largest absolute Gasteiger partial charge is 0.477 e. The van der Waals surface area contributed by atoms with Crippen molar-refractivity contribution in [2.75, 3.05) is 5.32 Å². The molecule has 0 fully saturated rings. The Bertz CT molecular complexity index is 580. The number of rotatable bonds is 3. The van der Waals surface area contributed by atoms with Gasteiger partial charge in [0, 0.05) is 7.05 Å². The Morgan fingerprint density at radius 2 is 2.24 bits per heavy atom. The Hall–Kier alpha value is -0.930. The molecule has 0 bridgehead atoms. The Kier molecular flexibility index (Phi) is 3.50. The van der Waals surface area contributed by atoms with Crippen LogP contribution >= 0.6 is 43.2 Å². The quantitative estimate of drug-likeness (QED) is 0.854. The summed E-state index contributed by atoms with van der Waals surface area (Å²) in [6, 6.07) is 1.54. The third-order valence-corrected chi connectivity index (χ3v) is 4.26. The maximum absolute atomic E-state index is 10.8. The fourth-order valence-electron chi connectivity index (χ4n) is 1.13. The SMILES string of the molecule is Cn1nc(Br)c(Nc2sc(C(=O)O)cc2Br)n1. The fraction of sp³-hybridized carbons (Fsp3) is 0.125. The van der Waals surface area contributed by atoms with E-state index in [4.69, 9.17) is 5.11 Å². The third kappa shape index (κ3) is 2.67. The van der Waals surface area contributed by atoms with Crippen molar-refractivity contribution in [3.05, 3.63) is 20.0 Å². The number of hydrogen-bond donors (Lipinski definition) is 2. The highest BCUT2D eigenvalue weighted by Gasteiger charge is 2.14. The van der Waals surface area contributed by atoms with Gasteiger partial charge in [-0.1, -0.05) is 0 Å². The second kappa shape index (κ2) is 4.75. The number of carboxylic acid groups (broad SMARTS) is 1. The van der Waals surface area contributed by atoms with Crippen LogP contribution in [0.25, 0.3) is 0 Å². The lowest BCUT2D eigenvalue weighted by Crippen LogP contribution is -1.94. The highest BCUT2D eigenvalue weighted by molar-refractivity contribution is 9.11. The molecular weight excluding hydrogens is 376 g/mol. The summed E-state index contributed by atoms with van der Waals surface area (Å²) >= 11 is 7.66. The number of nitrogens with zero attached hydrogens (tertiary/aromatic N) is 3. The van der Waals surface area contributed by atoms with E-state index in [1.165, 1.54) is 4.80 Å². The highest BCUT2D eigenvalue weighted by Crippen LogP contribution is 2.35. The van der Waals surface area contributed by atoms with E-state index in [9.17, 15) is 4.79 Å². The van der Waals surface area contributed by atoms with Crippen molar-refractivity contribution in [2.45, 2.75) is 0 Å². The number of halogens is 2. The molecule has 0 radical (unpaired) electrons. The first-order valence-corrected chi connectivity index (χ1v) is 6.74. The van der Waals surface area contributed by atoms with Crippen LogP contribution in [0.3, 0.4) is 0 Å². The van der Waals surface area contributed by atoms with Gasteiger partial charge in [-0.2, -0.15) is 4.80 Å². The van der Waals surface area contributed by atoms with E-state index in [0.717, 1.165) is 11.3 Å². The van der Waals surface area contributed by atoms with Crippen LogP contribution in [0.15, 0.2) is 15.1 Å². The van der Waals surface area contributed by atoms with Crippen LogP contribution in [-0.2, 0) is 7.05 Å². The molecule has 0 amide bonds. The predicted molar refractivity (Wildman–Crippen MR) is 71.0 cm³/mol. The molecule has 6 nitrogen and oxygen atoms in total. The zero-order valence-corrected chi connectivity index (χ0v) is 12.4. The highest BCUT2D eigenvalue weighted by atomic mass is 79.9. The van der Waals surface area contributed by atoms with Crippen molar-refractivity contribution in [3.8, 4) is 0 Å². The minimum absolute atomic E-state index is 0.249. The van der Waals surface area contributed by atoms with Crippen LogP contribution in [0.1, 0.15) is 9.67 Å². The summed E-state index contributed by atoms with van der Waals surface area (Å²) in [5.74, 6) is -0.422. The van der Waals surface area contributed by atoms with E-state index in [1.54, 1.807) is 13.1 Å². The van der Waals surface area contributed by atoms with Gasteiger partial charge in [0.2, 0.25) is 0 Å². The van der Waals surface area contributed by atoms with Gasteiger partial charge in [-0.15, -0.1) is 21.5 Å². The van der Waals surface area contributed by atoms with Gasteiger partial charge in [0.25, 0.3) is 0 Å². The maximum Gasteiger partial charge on any atom is 0.345 e. The van der Waals surface area contributed by atoms with Crippen LogP contribution in [-0.4, -0.2) is 26.1 Å². The number of aryl methyl sites for hydroxylation is 1. The molecule has 17 heavy (non-hydrogen) atoms. The van der Waals surface area contributed by atoms with Gasteiger partial charge in [0.1, 0.15) is 9.88 Å². The van der Waals surface area contributed by atoms with Crippen molar-refractivity contribution in [3.63, 3.8) is 0 Å². The first-order chi connectivity index (χ1) is 7.97. The van der Waals surface area contributed by atoms with E-state index < -0.39 is 5.97 Å². The number of aromatic carboxylic acids is 1. The first-order valence-electron chi connectivity index (χ1n) is 4.34. The lowest BCUT2D eigenvalue weighted by atomic mass is 10.5. The number of thiophene rings is 1. The van der Waals surface area contributed by atoms with Crippen LogP contribution in [0.5, 0.6) is 0 Å². The minimum atomic E-state index is -0.957. The molecule has 0 unspecified atom stereocenters. The molecule has 0 aliphatic carbocycles. The third-order valence-electron chi connectivity index (χ3n) is 1.80. The summed E-state index contributed by atoms with van der Waals surface area (Å²) in [5, 5.41) is 20.6. The fourth-order valence-corrected chi connectivity index (χ4v) is 3.04. The van der Waals surface area contributed by atoms with E-state index >= 15 is 0 Å². The second-order valence-corrected chi connectivity index (χ2v) is 5.70. The Balaban J connectivity index is 2.30. The molecule has 2 N–H and O–H groups in total. The van der Waals surface area contributed by atoms with Crippen molar-refractivity contribution in [1.82, 2.24) is 15.0 Å². The molecule has 0 saturated carbocycles. The summed E-state index contributed by atoms with van der Waals surface area (Å²) in [6.45, 7) is 0. The molecule has 2 rings (SSSR count). The maximum atomic E-state index is 10.8. The number of carbonyl (C=O) groups is 1. The molecule has 2 aromatic rings. The molecule has 0 aliphatic rings. The molecule has 0 saturated heterocycles. The lowest BCUT2D eigenvalue weighted by Gasteiger charge is -1.99. The topological polar surface area (TPSA) is 80.0 Å². The molecule has 0 atom stereocenters. The normalized spacial score (nSPS) is 10.5. The van der Waals surface area contributed by atoms with Crippen molar-refractivity contribution >= 4 is 60.0 Å². The van der Waals surface area contributed by atoms with Crippen molar-refractivity contribution in [1.29, 1.82) is 0 Å². The Morgan fingerprint density at radius 1 is 1.53 bits per heavy atom. The van der Waals surface area contributed by atoms with Crippen LogP contribution < -0.4 is 5.32 Å². The predicted octanol–water partition coefficient (Wildman–Crippen LogP) is 2.84. The number of hydrogen-bond acceptors (Lipinski definition) is 5. The number of anilines is 2. The van der Waals surface area contributed by atoms with E-state index in [2.05, 4.69) is 47.4 Å². The number of carboxylic acids is 1. The van der Waals surface area contributed by atoms with Gasteiger partial charge in [-0.3, -0.25) is 0 Å². The molecular formula is C8H6Br2N4O2S. The average Bonchev–Trinajstić information content (AvgIpc) is 2.73. The first kappa shape index (κ1) is 12.5. The zero-order valence-electron chi connectivity index (χ0n) is 8.44. The smallest absolute Gasteiger partial charge is 0.345 e. The van der Waals surface area contributed by atoms with Crippen molar-refractivity contribution < 1.29 is 9.90 Å². The van der Waals surface area contributed by atoms with Crippen LogP contribution in [0, 0.1) is 0 Å². The standard InChI is InChI=1S/C8H6Br2N4O2S/c1-14-12-5(10)6(13-14)11-7-3(9)2-4(17-7)8(15)16/h2H,1H3,(H,11,13)(H,15,16). The zero-order chi connectivity index (χ0) is 12.6. The molecule has 0 spiro atoms. The summed E-state index contributed by atoms with van der Waals surface area (Å²) in [7, 11) is 1.70. The van der Waals surface area contributed by atoms with E-state index in [0.29, 0.717) is 19.9 Å². The molecule has 2 aromatic heterocycles. The van der Waals surface area contributed by atoms with Gasteiger partial charge >= 0.3 is 5.97 Å². The Morgan fingerprint density at radius 3 is 2.71 bits per heavy atom.